The number of anilines is 1. The molecule has 0 bridgehead atoms. The minimum atomic E-state index is -0.354. The van der Waals surface area contributed by atoms with Crippen LogP contribution in [-0.4, -0.2) is 28.3 Å². The molecule has 0 aliphatic heterocycles. The highest BCUT2D eigenvalue weighted by Crippen LogP contribution is 2.26. The lowest BCUT2D eigenvalue weighted by Crippen LogP contribution is -2.22. The Kier molecular flexibility index (Phi) is 6.06. The van der Waals surface area contributed by atoms with Crippen LogP contribution in [0, 0.1) is 12.7 Å². The topological polar surface area (TPSA) is 73.2 Å². The van der Waals surface area contributed by atoms with E-state index in [0.29, 0.717) is 38.1 Å². The summed E-state index contributed by atoms with van der Waals surface area (Å²) in [4.78, 5) is 30.3. The third-order valence-electron chi connectivity index (χ3n) is 4.56. The zero-order valence-corrected chi connectivity index (χ0v) is 18.3. The van der Waals surface area contributed by atoms with E-state index in [1.54, 1.807) is 42.6 Å². The van der Waals surface area contributed by atoms with E-state index in [4.69, 9.17) is 4.74 Å². The van der Waals surface area contributed by atoms with Crippen molar-refractivity contribution in [2.45, 2.75) is 12.1 Å². The van der Waals surface area contributed by atoms with Gasteiger partial charge in [-0.1, -0.05) is 23.9 Å². The Balaban J connectivity index is 1.66. The molecule has 0 aliphatic carbocycles. The predicted molar refractivity (Wildman–Crippen MR) is 122 cm³/mol. The van der Waals surface area contributed by atoms with Crippen LogP contribution in [-0.2, 0) is 4.79 Å². The highest BCUT2D eigenvalue weighted by molar-refractivity contribution is 7.99. The molecule has 4 aromatic rings. The number of carbonyl (C=O) groups is 1. The number of nitrogens with zero attached hydrogens (tertiary/aromatic N) is 2. The average molecular weight is 456 g/mol. The number of carbonyl (C=O) groups excluding carboxylic acids is 1. The van der Waals surface area contributed by atoms with Gasteiger partial charge in [0, 0.05) is 0 Å². The molecule has 0 saturated heterocycles. The van der Waals surface area contributed by atoms with Gasteiger partial charge in [0.15, 0.2) is 5.16 Å². The minimum Gasteiger partial charge on any atom is -0.495 e. The van der Waals surface area contributed by atoms with E-state index in [1.165, 1.54) is 35.1 Å². The number of ether oxygens (including phenoxy) is 1. The molecule has 1 N–H and O–H groups in total. The number of aromatic nitrogens is 2. The van der Waals surface area contributed by atoms with E-state index in [0.717, 1.165) is 11.8 Å². The third-order valence-corrected chi connectivity index (χ3v) is 6.39. The number of benzene rings is 2. The van der Waals surface area contributed by atoms with Crippen molar-refractivity contribution in [2.24, 2.45) is 0 Å². The number of hydrogen-bond acceptors (Lipinski definition) is 6. The van der Waals surface area contributed by atoms with E-state index < -0.39 is 0 Å². The summed E-state index contributed by atoms with van der Waals surface area (Å²) in [6.07, 6.45) is 0. The molecule has 0 unspecified atom stereocenters. The summed E-state index contributed by atoms with van der Waals surface area (Å²) < 4.78 is 21.0. The quantitative estimate of drug-likeness (QED) is 0.339. The maximum Gasteiger partial charge on any atom is 0.276 e. The van der Waals surface area contributed by atoms with E-state index in [9.17, 15) is 14.0 Å². The van der Waals surface area contributed by atoms with Crippen molar-refractivity contribution in [3.05, 3.63) is 75.6 Å². The van der Waals surface area contributed by atoms with Crippen LogP contribution in [0.3, 0.4) is 0 Å². The van der Waals surface area contributed by atoms with Crippen molar-refractivity contribution in [3.63, 3.8) is 0 Å². The van der Waals surface area contributed by atoms with Gasteiger partial charge in [0.1, 0.15) is 16.3 Å². The first-order valence-corrected chi connectivity index (χ1v) is 11.2. The lowest BCUT2D eigenvalue weighted by Gasteiger charge is -2.13. The Morgan fingerprint density at radius 1 is 1.26 bits per heavy atom. The monoisotopic (exact) mass is 455 g/mol. The normalized spacial score (nSPS) is 10.9. The van der Waals surface area contributed by atoms with Crippen LogP contribution < -0.4 is 15.6 Å². The summed E-state index contributed by atoms with van der Waals surface area (Å²) in [6.45, 7) is 1.63. The Morgan fingerprint density at radius 2 is 2.06 bits per heavy atom. The van der Waals surface area contributed by atoms with E-state index >= 15 is 0 Å². The van der Waals surface area contributed by atoms with Gasteiger partial charge in [0.25, 0.3) is 5.56 Å². The first-order valence-electron chi connectivity index (χ1n) is 9.30. The number of methoxy groups -OCH3 is 1. The van der Waals surface area contributed by atoms with Crippen LogP contribution in [0.2, 0.25) is 0 Å². The molecule has 31 heavy (non-hydrogen) atoms. The number of aryl methyl sites for hydroxylation is 1. The summed E-state index contributed by atoms with van der Waals surface area (Å²) in [6, 6.07) is 13.3. The summed E-state index contributed by atoms with van der Waals surface area (Å²) in [5.74, 6) is -0.0407. The van der Waals surface area contributed by atoms with Crippen molar-refractivity contribution in [3.8, 4) is 11.4 Å². The van der Waals surface area contributed by atoms with Gasteiger partial charge >= 0.3 is 0 Å². The molecule has 0 aliphatic rings. The number of para-hydroxylation sites is 2. The molecule has 0 spiro atoms. The molecular formula is C22H18FN3O3S2. The van der Waals surface area contributed by atoms with Crippen LogP contribution >= 0.6 is 23.1 Å². The lowest BCUT2D eigenvalue weighted by molar-refractivity contribution is -0.113. The second-order valence-corrected chi connectivity index (χ2v) is 8.50. The summed E-state index contributed by atoms with van der Waals surface area (Å²) in [5.41, 5.74) is 1.79. The number of hydrogen-bond donors (Lipinski definition) is 1. The number of fused-ring (bicyclic) bond motifs is 1. The highest BCUT2D eigenvalue weighted by atomic mass is 32.2. The fraction of sp³-hybridized carbons (Fsp3) is 0.136. The zero-order chi connectivity index (χ0) is 22.0. The van der Waals surface area contributed by atoms with Crippen molar-refractivity contribution in [1.29, 1.82) is 0 Å². The number of thiophene rings is 1. The first kappa shape index (κ1) is 21.1. The van der Waals surface area contributed by atoms with Crippen LogP contribution in [0.25, 0.3) is 15.9 Å². The standard InChI is InChI=1S/C22H18FN3O3S2/c1-13-11-14(7-8-15(13)23)26-21(28)20-17(9-10-30-20)25-22(26)31-12-19(27)24-16-5-3-4-6-18(16)29-2/h3-11H,12H2,1-2H3,(H,24,27). The third kappa shape index (κ3) is 4.33. The molecule has 0 fully saturated rings. The maximum absolute atomic E-state index is 13.8. The largest absolute Gasteiger partial charge is 0.495 e. The van der Waals surface area contributed by atoms with Crippen LogP contribution in [0.4, 0.5) is 10.1 Å². The van der Waals surface area contributed by atoms with Crippen LogP contribution in [0.5, 0.6) is 5.75 Å². The van der Waals surface area contributed by atoms with Crippen LogP contribution in [0.1, 0.15) is 5.56 Å². The zero-order valence-electron chi connectivity index (χ0n) is 16.7. The van der Waals surface area contributed by atoms with E-state index in [2.05, 4.69) is 10.3 Å². The summed E-state index contributed by atoms with van der Waals surface area (Å²) in [7, 11) is 1.53. The summed E-state index contributed by atoms with van der Waals surface area (Å²) >= 11 is 2.43. The number of nitrogens with one attached hydrogen (secondary N) is 1. The number of thioether (sulfide) groups is 1. The smallest absolute Gasteiger partial charge is 0.276 e. The Morgan fingerprint density at radius 3 is 2.84 bits per heavy atom. The van der Waals surface area contributed by atoms with Gasteiger partial charge < -0.3 is 10.1 Å². The van der Waals surface area contributed by atoms with E-state index in [-0.39, 0.29) is 23.0 Å². The fourth-order valence-electron chi connectivity index (χ4n) is 3.05. The second-order valence-electron chi connectivity index (χ2n) is 6.64. The molecule has 2 aromatic carbocycles. The number of amides is 1. The lowest BCUT2D eigenvalue weighted by atomic mass is 10.2. The minimum absolute atomic E-state index is 0.0281. The summed E-state index contributed by atoms with van der Waals surface area (Å²) in [5, 5.41) is 4.96. The molecule has 6 nitrogen and oxygen atoms in total. The first-order chi connectivity index (χ1) is 15.0. The molecular weight excluding hydrogens is 437 g/mol. The highest BCUT2D eigenvalue weighted by Gasteiger charge is 2.17. The van der Waals surface area contributed by atoms with Crippen molar-refractivity contribution >= 4 is 44.9 Å². The van der Waals surface area contributed by atoms with Crippen LogP contribution in [0.15, 0.2) is 63.9 Å². The number of rotatable bonds is 6. The molecule has 2 heterocycles. The van der Waals surface area contributed by atoms with Gasteiger partial charge in [0.05, 0.1) is 29.8 Å². The molecule has 9 heteroatoms. The molecule has 158 valence electrons. The average Bonchev–Trinajstić information content (AvgIpc) is 3.24. The Bertz CT molecular complexity index is 1330. The Labute approximate surface area is 185 Å². The molecule has 4 rings (SSSR count). The molecule has 2 aromatic heterocycles. The van der Waals surface area contributed by atoms with E-state index in [1.807, 2.05) is 6.07 Å². The van der Waals surface area contributed by atoms with Gasteiger partial charge in [0.2, 0.25) is 5.91 Å². The van der Waals surface area contributed by atoms with Gasteiger partial charge in [-0.05, 0) is 54.3 Å². The Hall–Kier alpha value is -3.17. The molecule has 0 atom stereocenters. The second kappa shape index (κ2) is 8.91. The van der Waals surface area contributed by atoms with Gasteiger partial charge in [-0.3, -0.25) is 14.2 Å². The molecule has 0 radical (unpaired) electrons. The van der Waals surface area contributed by atoms with Gasteiger partial charge in [-0.15, -0.1) is 11.3 Å². The predicted octanol–water partition coefficient (Wildman–Crippen LogP) is 4.63. The van der Waals surface area contributed by atoms with Gasteiger partial charge in [-0.25, -0.2) is 9.37 Å². The molecule has 1 amide bonds. The molecule has 0 saturated carbocycles. The number of halogens is 1. The van der Waals surface area contributed by atoms with Gasteiger partial charge in [-0.2, -0.15) is 0 Å². The maximum atomic E-state index is 13.8. The SMILES string of the molecule is COc1ccccc1NC(=O)CSc1nc2ccsc2c(=O)n1-c1ccc(F)c(C)c1. The van der Waals surface area contributed by atoms with Crippen molar-refractivity contribution in [1.82, 2.24) is 9.55 Å². The van der Waals surface area contributed by atoms with Crippen molar-refractivity contribution < 1.29 is 13.9 Å². The fourth-order valence-corrected chi connectivity index (χ4v) is 4.62. The van der Waals surface area contributed by atoms with Crippen molar-refractivity contribution in [2.75, 3.05) is 18.2 Å².